The van der Waals surface area contributed by atoms with Crippen molar-refractivity contribution >= 4 is 5.69 Å². The van der Waals surface area contributed by atoms with E-state index in [-0.39, 0.29) is 6.10 Å². The van der Waals surface area contributed by atoms with Crippen LogP contribution in [0.3, 0.4) is 0 Å². The molecule has 1 rings (SSSR count). The first-order valence-electron chi connectivity index (χ1n) is 4.95. The zero-order chi connectivity index (χ0) is 10.6. The Morgan fingerprint density at radius 3 is 2.43 bits per heavy atom. The summed E-state index contributed by atoms with van der Waals surface area (Å²) >= 11 is 0. The van der Waals surface area contributed by atoms with Crippen LogP contribution in [0.1, 0.15) is 24.7 Å². The Labute approximate surface area is 85.2 Å². The van der Waals surface area contributed by atoms with Gasteiger partial charge in [0.2, 0.25) is 0 Å². The van der Waals surface area contributed by atoms with Gasteiger partial charge in [0, 0.05) is 23.6 Å². The Bertz CT molecular complexity index is 277. The molecule has 0 aliphatic carbocycles. The van der Waals surface area contributed by atoms with Crippen LogP contribution in [0.4, 0.5) is 5.69 Å². The molecule has 3 heteroatoms. The van der Waals surface area contributed by atoms with Crippen molar-refractivity contribution in [1.29, 1.82) is 0 Å². The third-order valence-electron chi connectivity index (χ3n) is 1.97. The molecule has 1 heterocycles. The number of aliphatic hydroxyl groups excluding tert-OH is 1. The lowest BCUT2D eigenvalue weighted by atomic mass is 10.2. The summed E-state index contributed by atoms with van der Waals surface area (Å²) in [7, 11) is 0. The Morgan fingerprint density at radius 1 is 1.36 bits per heavy atom. The molecule has 1 unspecified atom stereocenters. The van der Waals surface area contributed by atoms with Crippen LogP contribution in [0.2, 0.25) is 0 Å². The van der Waals surface area contributed by atoms with E-state index in [9.17, 15) is 0 Å². The Morgan fingerprint density at radius 2 is 1.93 bits per heavy atom. The lowest BCUT2D eigenvalue weighted by molar-refractivity contribution is 0.189. The third kappa shape index (κ3) is 3.75. The minimum absolute atomic E-state index is 0.244. The molecule has 3 nitrogen and oxygen atoms in total. The molecular weight excluding hydrogens is 176 g/mol. The standard InChI is InChI=1S/C11H18N2O/c1-8-6-11(7-9(2)13-8)12-5-4-10(3)14/h6-7,10,14H,4-5H2,1-3H3,(H,12,13). The van der Waals surface area contributed by atoms with Crippen molar-refractivity contribution in [3.63, 3.8) is 0 Å². The first kappa shape index (κ1) is 11.0. The van der Waals surface area contributed by atoms with E-state index in [0.29, 0.717) is 0 Å². The molecule has 2 N–H and O–H groups in total. The van der Waals surface area contributed by atoms with Crippen LogP contribution in [-0.4, -0.2) is 22.7 Å². The van der Waals surface area contributed by atoms with Gasteiger partial charge in [0.05, 0.1) is 6.10 Å². The van der Waals surface area contributed by atoms with Gasteiger partial charge >= 0.3 is 0 Å². The molecule has 1 aromatic rings. The largest absolute Gasteiger partial charge is 0.393 e. The molecule has 0 amide bonds. The lowest BCUT2D eigenvalue weighted by Gasteiger charge is -2.09. The second-order valence-corrected chi connectivity index (χ2v) is 3.70. The number of hydrogen-bond acceptors (Lipinski definition) is 3. The van der Waals surface area contributed by atoms with Gasteiger partial charge in [0.15, 0.2) is 0 Å². The first-order valence-corrected chi connectivity index (χ1v) is 4.95. The molecule has 0 spiro atoms. The van der Waals surface area contributed by atoms with Crippen molar-refractivity contribution < 1.29 is 5.11 Å². The van der Waals surface area contributed by atoms with Crippen LogP contribution in [0, 0.1) is 13.8 Å². The number of aromatic nitrogens is 1. The van der Waals surface area contributed by atoms with Crippen LogP contribution in [0.15, 0.2) is 12.1 Å². The summed E-state index contributed by atoms with van der Waals surface area (Å²) in [6, 6.07) is 4.02. The number of pyridine rings is 1. The van der Waals surface area contributed by atoms with Gasteiger partial charge in [-0.2, -0.15) is 0 Å². The van der Waals surface area contributed by atoms with Gasteiger partial charge in [-0.1, -0.05) is 0 Å². The van der Waals surface area contributed by atoms with Crippen molar-refractivity contribution in [3.8, 4) is 0 Å². The van der Waals surface area contributed by atoms with Crippen molar-refractivity contribution in [2.24, 2.45) is 0 Å². The van der Waals surface area contributed by atoms with Crippen LogP contribution >= 0.6 is 0 Å². The lowest BCUT2D eigenvalue weighted by Crippen LogP contribution is -2.10. The smallest absolute Gasteiger partial charge is 0.0528 e. The highest BCUT2D eigenvalue weighted by Crippen LogP contribution is 2.10. The van der Waals surface area contributed by atoms with E-state index < -0.39 is 0 Å². The maximum Gasteiger partial charge on any atom is 0.0528 e. The molecule has 1 aromatic heterocycles. The summed E-state index contributed by atoms with van der Waals surface area (Å²) < 4.78 is 0. The molecule has 0 fully saturated rings. The summed E-state index contributed by atoms with van der Waals surface area (Å²) in [5.74, 6) is 0. The number of hydrogen-bond donors (Lipinski definition) is 2. The van der Waals surface area contributed by atoms with Crippen LogP contribution in [0.5, 0.6) is 0 Å². The highest BCUT2D eigenvalue weighted by atomic mass is 16.3. The molecule has 14 heavy (non-hydrogen) atoms. The summed E-state index contributed by atoms with van der Waals surface area (Å²) in [5.41, 5.74) is 3.12. The van der Waals surface area contributed by atoms with Gasteiger partial charge in [0.25, 0.3) is 0 Å². The van der Waals surface area contributed by atoms with Crippen LogP contribution in [0.25, 0.3) is 0 Å². The first-order chi connectivity index (χ1) is 6.58. The predicted octanol–water partition coefficient (Wildman–Crippen LogP) is 1.88. The van der Waals surface area contributed by atoms with E-state index in [2.05, 4.69) is 10.3 Å². The van der Waals surface area contributed by atoms with Gasteiger partial charge in [-0.15, -0.1) is 0 Å². The maximum atomic E-state index is 9.09. The van der Waals surface area contributed by atoms with Crippen LogP contribution < -0.4 is 5.32 Å². The average Bonchev–Trinajstić information content (AvgIpc) is 2.01. The van der Waals surface area contributed by atoms with Crippen molar-refractivity contribution in [3.05, 3.63) is 23.5 Å². The molecule has 78 valence electrons. The summed E-state index contributed by atoms with van der Waals surface area (Å²) in [5, 5.41) is 12.3. The number of rotatable bonds is 4. The van der Waals surface area contributed by atoms with Crippen molar-refractivity contribution in [2.75, 3.05) is 11.9 Å². The van der Waals surface area contributed by atoms with Crippen molar-refractivity contribution in [1.82, 2.24) is 4.98 Å². The Kier molecular flexibility index (Phi) is 3.89. The summed E-state index contributed by atoms with van der Waals surface area (Å²) in [4.78, 5) is 4.29. The van der Waals surface area contributed by atoms with Gasteiger partial charge in [0.1, 0.15) is 0 Å². The van der Waals surface area contributed by atoms with E-state index in [4.69, 9.17) is 5.11 Å². The normalized spacial score (nSPS) is 12.6. The number of nitrogens with one attached hydrogen (secondary N) is 1. The van der Waals surface area contributed by atoms with E-state index in [1.807, 2.05) is 26.0 Å². The molecule has 0 saturated carbocycles. The van der Waals surface area contributed by atoms with Gasteiger partial charge < -0.3 is 10.4 Å². The fourth-order valence-corrected chi connectivity index (χ4v) is 1.36. The van der Waals surface area contributed by atoms with Gasteiger partial charge in [-0.05, 0) is 39.3 Å². The molecule has 0 radical (unpaired) electrons. The molecule has 0 aliphatic heterocycles. The topological polar surface area (TPSA) is 45.1 Å². The molecular formula is C11H18N2O. The minimum Gasteiger partial charge on any atom is -0.393 e. The summed E-state index contributed by atoms with van der Waals surface area (Å²) in [6.45, 7) is 6.55. The fraction of sp³-hybridized carbons (Fsp3) is 0.545. The highest BCUT2D eigenvalue weighted by Gasteiger charge is 1.98. The van der Waals surface area contributed by atoms with Gasteiger partial charge in [-0.25, -0.2) is 0 Å². The molecule has 0 bridgehead atoms. The number of nitrogens with zero attached hydrogens (tertiary/aromatic N) is 1. The van der Waals surface area contributed by atoms with E-state index in [1.165, 1.54) is 0 Å². The molecule has 0 aliphatic rings. The van der Waals surface area contributed by atoms with Gasteiger partial charge in [-0.3, -0.25) is 4.98 Å². The van der Waals surface area contributed by atoms with Crippen molar-refractivity contribution in [2.45, 2.75) is 33.3 Å². The Hall–Kier alpha value is -1.09. The Balaban J connectivity index is 2.50. The molecule has 0 saturated heterocycles. The van der Waals surface area contributed by atoms with Crippen LogP contribution in [-0.2, 0) is 0 Å². The fourth-order valence-electron chi connectivity index (χ4n) is 1.36. The zero-order valence-electron chi connectivity index (χ0n) is 9.04. The van der Waals surface area contributed by atoms with E-state index >= 15 is 0 Å². The quantitative estimate of drug-likeness (QED) is 0.769. The second kappa shape index (κ2) is 4.96. The molecule has 1 atom stereocenters. The number of aryl methyl sites for hydroxylation is 2. The molecule has 0 aromatic carbocycles. The average molecular weight is 194 g/mol. The maximum absolute atomic E-state index is 9.09. The third-order valence-corrected chi connectivity index (χ3v) is 1.97. The monoisotopic (exact) mass is 194 g/mol. The minimum atomic E-state index is -0.244. The van der Waals surface area contributed by atoms with E-state index in [0.717, 1.165) is 30.0 Å². The number of aliphatic hydroxyl groups is 1. The SMILES string of the molecule is Cc1cc(NCCC(C)O)cc(C)n1. The number of anilines is 1. The highest BCUT2D eigenvalue weighted by molar-refractivity contribution is 5.44. The predicted molar refractivity (Wildman–Crippen MR) is 58.5 cm³/mol. The van der Waals surface area contributed by atoms with E-state index in [1.54, 1.807) is 6.92 Å². The second-order valence-electron chi connectivity index (χ2n) is 3.70. The zero-order valence-corrected chi connectivity index (χ0v) is 9.04. The summed E-state index contributed by atoms with van der Waals surface area (Å²) in [6.07, 6.45) is 0.520.